The summed E-state index contributed by atoms with van der Waals surface area (Å²) >= 11 is 1.59. The number of thiazole rings is 1. The fraction of sp³-hybridized carbons (Fsp3) is 0.444. The number of hydrogen-bond acceptors (Lipinski definition) is 6. The first-order valence-corrected chi connectivity index (χ1v) is 5.50. The van der Waals surface area contributed by atoms with Gasteiger partial charge in [-0.05, 0) is 6.92 Å². The van der Waals surface area contributed by atoms with E-state index in [2.05, 4.69) is 20.4 Å². The maximum atomic E-state index is 5.22. The second-order valence-corrected chi connectivity index (χ2v) is 3.96. The Balaban J connectivity index is 0.000000963. The average molecular weight is 239 g/mol. The molecule has 1 unspecified atom stereocenters. The minimum absolute atomic E-state index is 0. The van der Waals surface area contributed by atoms with Crippen LogP contribution in [0.15, 0.2) is 11.7 Å². The van der Waals surface area contributed by atoms with Crippen LogP contribution in [0.4, 0.5) is 5.95 Å². The Labute approximate surface area is 97.3 Å². The lowest BCUT2D eigenvalue weighted by Gasteiger charge is -2.27. The highest BCUT2D eigenvalue weighted by Gasteiger charge is 2.31. The molecular weight excluding hydrogens is 226 g/mol. The molecule has 0 aromatic carbocycles. The Hall–Kier alpha value is -1.63. The SMILES string of the molecule is C.CCOc1nc2n(n1)C(c1cncs1)N2. The molecule has 0 saturated heterocycles. The molecule has 7 heteroatoms. The molecule has 1 atom stereocenters. The Kier molecular flexibility index (Phi) is 2.78. The molecule has 6 nitrogen and oxygen atoms in total. The molecule has 1 aliphatic rings. The second kappa shape index (κ2) is 4.09. The van der Waals surface area contributed by atoms with E-state index in [1.807, 2.05) is 13.1 Å². The summed E-state index contributed by atoms with van der Waals surface area (Å²) in [5.74, 6) is 0.747. The van der Waals surface area contributed by atoms with Crippen molar-refractivity contribution in [2.45, 2.75) is 20.5 Å². The molecule has 0 bridgehead atoms. The van der Waals surface area contributed by atoms with Gasteiger partial charge in [-0.3, -0.25) is 4.98 Å². The van der Waals surface area contributed by atoms with Gasteiger partial charge < -0.3 is 10.1 Å². The monoisotopic (exact) mass is 239 g/mol. The molecule has 1 N–H and O–H groups in total. The van der Waals surface area contributed by atoms with E-state index in [0.717, 1.165) is 10.8 Å². The minimum Gasteiger partial charge on any atom is -0.463 e. The topological polar surface area (TPSA) is 64.9 Å². The zero-order valence-electron chi connectivity index (χ0n) is 8.04. The molecule has 86 valence electrons. The van der Waals surface area contributed by atoms with Gasteiger partial charge in [0.1, 0.15) is 0 Å². The summed E-state index contributed by atoms with van der Waals surface area (Å²) in [6.07, 6.45) is 1.89. The van der Waals surface area contributed by atoms with Crippen molar-refractivity contribution >= 4 is 17.3 Å². The molecule has 0 amide bonds. The molecule has 0 spiro atoms. The second-order valence-electron chi connectivity index (χ2n) is 3.05. The molecule has 0 saturated carbocycles. The van der Waals surface area contributed by atoms with Crippen LogP contribution in [-0.2, 0) is 0 Å². The fourth-order valence-electron chi connectivity index (χ4n) is 1.44. The highest BCUT2D eigenvalue weighted by molar-refractivity contribution is 7.09. The average Bonchev–Trinajstić information content (AvgIpc) is 2.80. The van der Waals surface area contributed by atoms with Crippen LogP contribution < -0.4 is 10.1 Å². The molecule has 2 aromatic heterocycles. The van der Waals surface area contributed by atoms with E-state index in [9.17, 15) is 0 Å². The van der Waals surface area contributed by atoms with Crippen LogP contribution in [-0.4, -0.2) is 26.4 Å². The Bertz CT molecular complexity index is 466. The smallest absolute Gasteiger partial charge is 0.337 e. The first-order chi connectivity index (χ1) is 7.38. The first-order valence-electron chi connectivity index (χ1n) is 4.62. The van der Waals surface area contributed by atoms with Crippen LogP contribution >= 0.6 is 11.3 Å². The molecule has 0 radical (unpaired) electrons. The summed E-state index contributed by atoms with van der Waals surface area (Å²) < 4.78 is 7.02. The lowest BCUT2D eigenvalue weighted by molar-refractivity contribution is 0.309. The van der Waals surface area contributed by atoms with Crippen LogP contribution in [0.3, 0.4) is 0 Å². The van der Waals surface area contributed by atoms with Crippen molar-refractivity contribution in [2.24, 2.45) is 0 Å². The highest BCUT2D eigenvalue weighted by atomic mass is 32.1. The fourth-order valence-corrected chi connectivity index (χ4v) is 2.09. The molecule has 16 heavy (non-hydrogen) atoms. The number of nitrogens with one attached hydrogen (secondary N) is 1. The summed E-state index contributed by atoms with van der Waals surface area (Å²) in [6, 6.07) is 0.423. The van der Waals surface area contributed by atoms with Crippen molar-refractivity contribution < 1.29 is 4.74 Å². The third kappa shape index (κ3) is 1.53. The highest BCUT2D eigenvalue weighted by Crippen LogP contribution is 2.33. The third-order valence-corrected chi connectivity index (χ3v) is 2.94. The predicted octanol–water partition coefficient (Wildman–Crippen LogP) is 1.74. The van der Waals surface area contributed by atoms with Crippen molar-refractivity contribution in [1.29, 1.82) is 0 Å². The maximum absolute atomic E-state index is 5.22. The molecule has 0 aliphatic carbocycles. The first kappa shape index (κ1) is 10.9. The van der Waals surface area contributed by atoms with Gasteiger partial charge in [0, 0.05) is 6.20 Å². The molecular formula is C9H13N5OS. The van der Waals surface area contributed by atoms with Gasteiger partial charge in [0.05, 0.1) is 17.0 Å². The van der Waals surface area contributed by atoms with E-state index >= 15 is 0 Å². The van der Waals surface area contributed by atoms with Crippen molar-refractivity contribution in [3.63, 3.8) is 0 Å². The van der Waals surface area contributed by atoms with Crippen molar-refractivity contribution in [2.75, 3.05) is 11.9 Å². The van der Waals surface area contributed by atoms with Gasteiger partial charge in [-0.2, -0.15) is 9.67 Å². The zero-order valence-corrected chi connectivity index (χ0v) is 8.86. The standard InChI is InChI=1S/C8H9N5OS.CH4/c1-2-14-8-11-7-10-6(13(7)12-8)5-3-9-4-15-5;/h3-4,6H,2H2,1H3,(H,10,11,12);1H4. The number of nitrogens with zero attached hydrogens (tertiary/aromatic N) is 4. The Morgan fingerprint density at radius 2 is 2.50 bits per heavy atom. The molecule has 3 heterocycles. The van der Waals surface area contributed by atoms with Gasteiger partial charge in [0.15, 0.2) is 6.17 Å². The van der Waals surface area contributed by atoms with Crippen LogP contribution in [0.1, 0.15) is 25.4 Å². The maximum Gasteiger partial charge on any atom is 0.337 e. The van der Waals surface area contributed by atoms with Crippen LogP contribution in [0.25, 0.3) is 0 Å². The molecule has 3 rings (SSSR count). The number of fused-ring (bicyclic) bond motifs is 1. The zero-order chi connectivity index (χ0) is 10.3. The van der Waals surface area contributed by atoms with Gasteiger partial charge in [0.2, 0.25) is 5.95 Å². The number of rotatable bonds is 3. The minimum atomic E-state index is 0. The van der Waals surface area contributed by atoms with Crippen molar-refractivity contribution in [3.05, 3.63) is 16.6 Å². The van der Waals surface area contributed by atoms with E-state index in [1.54, 1.807) is 21.5 Å². The molecule has 0 fully saturated rings. The van der Waals surface area contributed by atoms with Crippen LogP contribution in [0, 0.1) is 0 Å². The summed E-state index contributed by atoms with van der Waals surface area (Å²) in [7, 11) is 0. The van der Waals surface area contributed by atoms with E-state index in [4.69, 9.17) is 4.74 Å². The summed E-state index contributed by atoms with van der Waals surface area (Å²) in [5.41, 5.74) is 1.80. The number of aromatic nitrogens is 4. The van der Waals surface area contributed by atoms with E-state index in [0.29, 0.717) is 12.6 Å². The van der Waals surface area contributed by atoms with E-state index < -0.39 is 0 Å². The number of ether oxygens (including phenoxy) is 1. The predicted molar refractivity (Wildman–Crippen MR) is 61.8 cm³/mol. The van der Waals surface area contributed by atoms with Gasteiger partial charge in [-0.25, -0.2) is 0 Å². The third-order valence-electron chi connectivity index (χ3n) is 2.12. The van der Waals surface area contributed by atoms with Crippen LogP contribution in [0.5, 0.6) is 6.01 Å². The number of hydrogen-bond donors (Lipinski definition) is 1. The van der Waals surface area contributed by atoms with Gasteiger partial charge in [0.25, 0.3) is 0 Å². The summed E-state index contributed by atoms with van der Waals surface area (Å²) in [4.78, 5) is 9.30. The number of anilines is 1. The lowest BCUT2D eigenvalue weighted by Crippen LogP contribution is -2.31. The quantitative estimate of drug-likeness (QED) is 0.883. The van der Waals surface area contributed by atoms with Crippen molar-refractivity contribution in [1.82, 2.24) is 19.7 Å². The normalized spacial score (nSPS) is 16.7. The lowest BCUT2D eigenvalue weighted by atomic mass is 10.3. The van der Waals surface area contributed by atoms with Crippen LogP contribution in [0.2, 0.25) is 0 Å². The Morgan fingerprint density at radius 3 is 3.19 bits per heavy atom. The van der Waals surface area contributed by atoms with E-state index in [-0.39, 0.29) is 13.6 Å². The summed E-state index contributed by atoms with van der Waals surface area (Å²) in [6.45, 7) is 2.49. The van der Waals surface area contributed by atoms with Gasteiger partial charge in [-0.15, -0.1) is 16.4 Å². The van der Waals surface area contributed by atoms with Gasteiger partial charge in [-0.1, -0.05) is 7.43 Å². The largest absolute Gasteiger partial charge is 0.463 e. The summed E-state index contributed by atoms with van der Waals surface area (Å²) in [5, 5.41) is 7.41. The molecule has 1 aliphatic heterocycles. The van der Waals surface area contributed by atoms with Crippen molar-refractivity contribution in [3.8, 4) is 6.01 Å². The Morgan fingerprint density at radius 1 is 1.62 bits per heavy atom. The molecule has 2 aromatic rings. The van der Waals surface area contributed by atoms with E-state index in [1.165, 1.54) is 0 Å². The van der Waals surface area contributed by atoms with Gasteiger partial charge >= 0.3 is 6.01 Å².